The van der Waals surface area contributed by atoms with Gasteiger partial charge in [-0.2, -0.15) is 0 Å². The van der Waals surface area contributed by atoms with Crippen LogP contribution in [0.15, 0.2) is 24.7 Å². The maximum Gasteiger partial charge on any atom is 0.227 e. The Labute approximate surface area is 172 Å². The lowest BCUT2D eigenvalue weighted by Gasteiger charge is -2.33. The monoisotopic (exact) mass is 416 g/mol. The van der Waals surface area contributed by atoms with Crippen LogP contribution in [0.5, 0.6) is 0 Å². The summed E-state index contributed by atoms with van der Waals surface area (Å²) in [4.78, 5) is 30.0. The molecule has 1 aliphatic carbocycles. The Kier molecular flexibility index (Phi) is 5.36. The van der Waals surface area contributed by atoms with Gasteiger partial charge in [-0.15, -0.1) is 0 Å². The number of hydrogen-bond donors (Lipinski definition) is 2. The van der Waals surface area contributed by atoms with Gasteiger partial charge in [-0.25, -0.2) is 19.3 Å². The Bertz CT molecular complexity index is 1050. The Balaban J connectivity index is 1.66. The zero-order chi connectivity index (χ0) is 20.5. The summed E-state index contributed by atoms with van der Waals surface area (Å²) >= 11 is 6.07. The van der Waals surface area contributed by atoms with Crippen molar-refractivity contribution in [2.75, 3.05) is 19.4 Å². The number of amides is 1. The minimum absolute atomic E-state index is 0.0502. The summed E-state index contributed by atoms with van der Waals surface area (Å²) in [6.45, 7) is 0. The molecule has 0 aromatic carbocycles. The van der Waals surface area contributed by atoms with Crippen LogP contribution in [0.4, 0.5) is 10.2 Å². The second kappa shape index (κ2) is 7.94. The lowest BCUT2D eigenvalue weighted by Crippen LogP contribution is -2.42. The summed E-state index contributed by atoms with van der Waals surface area (Å²) in [5.41, 5.74) is 1.33. The molecule has 7 nitrogen and oxygen atoms in total. The third-order valence-electron chi connectivity index (χ3n) is 5.33. The molecule has 0 unspecified atom stereocenters. The summed E-state index contributed by atoms with van der Waals surface area (Å²) in [5.74, 6) is -0.244. The molecule has 1 saturated carbocycles. The van der Waals surface area contributed by atoms with Crippen molar-refractivity contribution in [2.45, 2.75) is 31.7 Å². The van der Waals surface area contributed by atoms with E-state index in [0.29, 0.717) is 22.1 Å². The number of carbonyl (C=O) groups excluding carboxylic acids is 1. The van der Waals surface area contributed by atoms with E-state index in [4.69, 9.17) is 11.6 Å². The fourth-order valence-electron chi connectivity index (χ4n) is 3.87. The van der Waals surface area contributed by atoms with Crippen LogP contribution < -0.4 is 5.32 Å². The Morgan fingerprint density at radius 3 is 2.86 bits per heavy atom. The van der Waals surface area contributed by atoms with Crippen LogP contribution in [-0.4, -0.2) is 50.9 Å². The predicted molar refractivity (Wildman–Crippen MR) is 110 cm³/mol. The van der Waals surface area contributed by atoms with E-state index in [1.54, 1.807) is 37.5 Å². The molecular weight excluding hydrogens is 395 g/mol. The second-order valence-corrected chi connectivity index (χ2v) is 7.95. The minimum Gasteiger partial charge on any atom is -0.364 e. The van der Waals surface area contributed by atoms with E-state index >= 15 is 0 Å². The van der Waals surface area contributed by atoms with Crippen LogP contribution in [0.2, 0.25) is 5.02 Å². The van der Waals surface area contributed by atoms with Gasteiger partial charge >= 0.3 is 0 Å². The maximum atomic E-state index is 14.5. The van der Waals surface area contributed by atoms with Crippen LogP contribution in [-0.2, 0) is 4.79 Å². The molecule has 3 heterocycles. The first kappa shape index (κ1) is 19.6. The molecule has 1 amide bonds. The number of pyridine rings is 1. The zero-order valence-corrected chi connectivity index (χ0v) is 17.0. The van der Waals surface area contributed by atoms with E-state index in [-0.39, 0.29) is 23.7 Å². The molecule has 1 aliphatic rings. The SMILES string of the molecule is CN(C)C(=O)[C@@H]1CCCC[C@@H]1Nc1nc(-c2c[nH]c3ncc(Cl)cc23)ncc1F. The van der Waals surface area contributed by atoms with Gasteiger partial charge in [0, 0.05) is 43.5 Å². The number of nitrogens with zero attached hydrogens (tertiary/aromatic N) is 4. The van der Waals surface area contributed by atoms with Crippen molar-refractivity contribution >= 4 is 34.4 Å². The Hall–Kier alpha value is -2.74. The normalized spacial score (nSPS) is 19.3. The molecular formula is C20H22ClFN6O. The molecule has 3 aromatic heterocycles. The van der Waals surface area contributed by atoms with Crippen LogP contribution in [0, 0.1) is 11.7 Å². The molecule has 29 heavy (non-hydrogen) atoms. The van der Waals surface area contributed by atoms with Crippen molar-refractivity contribution in [1.82, 2.24) is 24.8 Å². The van der Waals surface area contributed by atoms with E-state index in [1.165, 1.54) is 0 Å². The lowest BCUT2D eigenvalue weighted by atomic mass is 9.83. The third kappa shape index (κ3) is 3.89. The summed E-state index contributed by atoms with van der Waals surface area (Å²) < 4.78 is 14.5. The van der Waals surface area contributed by atoms with E-state index in [1.807, 2.05) is 0 Å². The highest BCUT2D eigenvalue weighted by atomic mass is 35.5. The van der Waals surface area contributed by atoms with E-state index in [0.717, 1.165) is 37.3 Å². The number of H-pyrrole nitrogens is 1. The largest absolute Gasteiger partial charge is 0.364 e. The van der Waals surface area contributed by atoms with Gasteiger partial charge in [0.1, 0.15) is 5.65 Å². The van der Waals surface area contributed by atoms with Gasteiger partial charge < -0.3 is 15.2 Å². The fraction of sp³-hybridized carbons (Fsp3) is 0.400. The number of aromatic amines is 1. The van der Waals surface area contributed by atoms with Gasteiger partial charge in [0.2, 0.25) is 5.91 Å². The number of rotatable bonds is 4. The molecule has 0 saturated heterocycles. The quantitative estimate of drug-likeness (QED) is 0.674. The van der Waals surface area contributed by atoms with Crippen molar-refractivity contribution in [3.63, 3.8) is 0 Å². The van der Waals surface area contributed by atoms with Crippen LogP contribution in [0.25, 0.3) is 22.4 Å². The van der Waals surface area contributed by atoms with Crippen molar-refractivity contribution in [3.8, 4) is 11.4 Å². The van der Waals surface area contributed by atoms with Gasteiger partial charge in [-0.05, 0) is 18.9 Å². The highest BCUT2D eigenvalue weighted by Gasteiger charge is 2.32. The summed E-state index contributed by atoms with van der Waals surface area (Å²) in [6.07, 6.45) is 7.96. The highest BCUT2D eigenvalue weighted by Crippen LogP contribution is 2.31. The molecule has 9 heteroatoms. The zero-order valence-electron chi connectivity index (χ0n) is 16.2. The smallest absolute Gasteiger partial charge is 0.227 e. The fourth-order valence-corrected chi connectivity index (χ4v) is 4.03. The molecule has 4 rings (SSSR count). The Morgan fingerprint density at radius 2 is 2.07 bits per heavy atom. The third-order valence-corrected chi connectivity index (χ3v) is 5.54. The van der Waals surface area contributed by atoms with Crippen LogP contribution in [0.1, 0.15) is 25.7 Å². The topological polar surface area (TPSA) is 86.8 Å². The van der Waals surface area contributed by atoms with E-state index in [2.05, 4.69) is 25.3 Å². The molecule has 0 spiro atoms. The highest BCUT2D eigenvalue weighted by molar-refractivity contribution is 6.31. The van der Waals surface area contributed by atoms with Gasteiger partial charge in [0.05, 0.1) is 17.1 Å². The van der Waals surface area contributed by atoms with E-state index in [9.17, 15) is 9.18 Å². The van der Waals surface area contributed by atoms with Crippen molar-refractivity contribution in [2.24, 2.45) is 5.92 Å². The molecule has 0 aliphatic heterocycles. The first-order chi connectivity index (χ1) is 13.9. The average Bonchev–Trinajstić information content (AvgIpc) is 3.12. The number of nitrogens with one attached hydrogen (secondary N) is 2. The van der Waals surface area contributed by atoms with Crippen molar-refractivity contribution in [1.29, 1.82) is 0 Å². The number of aromatic nitrogens is 4. The maximum absolute atomic E-state index is 14.5. The predicted octanol–water partition coefficient (Wildman–Crippen LogP) is 3.87. The van der Waals surface area contributed by atoms with Crippen molar-refractivity contribution in [3.05, 3.63) is 35.5 Å². The molecule has 1 fully saturated rings. The molecule has 0 bridgehead atoms. The van der Waals surface area contributed by atoms with Gasteiger partial charge in [-0.3, -0.25) is 4.79 Å². The molecule has 0 radical (unpaired) electrons. The average molecular weight is 417 g/mol. The first-order valence-corrected chi connectivity index (χ1v) is 9.95. The number of carbonyl (C=O) groups is 1. The standard InChI is InChI=1S/C20H22ClFN6O/c1-28(2)20(29)12-5-3-4-6-16(12)26-19-15(22)10-25-18(27-19)14-9-24-17-13(14)7-11(21)8-23-17/h7-10,12,16H,3-6H2,1-2H3,(H,23,24)(H,25,26,27)/t12-,16+/m1/s1. The first-order valence-electron chi connectivity index (χ1n) is 9.57. The van der Waals surface area contributed by atoms with Crippen LogP contribution >= 0.6 is 11.6 Å². The summed E-state index contributed by atoms with van der Waals surface area (Å²) in [5, 5.41) is 4.42. The number of halogens is 2. The molecule has 3 aromatic rings. The molecule has 152 valence electrons. The Morgan fingerprint density at radius 1 is 1.28 bits per heavy atom. The van der Waals surface area contributed by atoms with Gasteiger partial charge in [-0.1, -0.05) is 24.4 Å². The lowest BCUT2D eigenvalue weighted by molar-refractivity contribution is -0.134. The van der Waals surface area contributed by atoms with E-state index < -0.39 is 5.82 Å². The van der Waals surface area contributed by atoms with Gasteiger partial charge in [0.25, 0.3) is 0 Å². The van der Waals surface area contributed by atoms with Gasteiger partial charge in [0.15, 0.2) is 17.5 Å². The molecule has 2 atom stereocenters. The summed E-state index contributed by atoms with van der Waals surface area (Å²) in [7, 11) is 3.49. The second-order valence-electron chi connectivity index (χ2n) is 7.52. The molecule has 2 N–H and O–H groups in total. The number of hydrogen-bond acceptors (Lipinski definition) is 5. The van der Waals surface area contributed by atoms with Crippen LogP contribution in [0.3, 0.4) is 0 Å². The number of fused-ring (bicyclic) bond motifs is 1. The van der Waals surface area contributed by atoms with Crippen molar-refractivity contribution < 1.29 is 9.18 Å². The summed E-state index contributed by atoms with van der Waals surface area (Å²) in [6, 6.07) is 1.60. The minimum atomic E-state index is -0.550. The number of anilines is 1.